The van der Waals surface area contributed by atoms with Gasteiger partial charge in [0.2, 0.25) is 0 Å². The molecule has 0 aromatic carbocycles. The first-order chi connectivity index (χ1) is 10.8. The summed E-state index contributed by atoms with van der Waals surface area (Å²) in [6.07, 6.45) is -15.6. The molecule has 0 aliphatic carbocycles. The van der Waals surface area contributed by atoms with Gasteiger partial charge in [-0.15, -0.1) is 0 Å². The lowest BCUT2D eigenvalue weighted by Crippen LogP contribution is -2.64. The molecule has 2 aliphatic heterocycles. The summed E-state index contributed by atoms with van der Waals surface area (Å²) in [5.74, 6) is 0. The molecule has 2 rings (SSSR count). The average molecular weight is 342 g/mol. The fourth-order valence-electron chi connectivity index (χ4n) is 2.57. The Kier molecular flexibility index (Phi) is 6.27. The molecular weight excluding hydrogens is 320 g/mol. The number of hydrogen-bond acceptors (Lipinski definition) is 11. The lowest BCUT2D eigenvalue weighted by atomic mass is 9.97. The van der Waals surface area contributed by atoms with Crippen LogP contribution in [0, 0.1) is 0 Å². The van der Waals surface area contributed by atoms with Gasteiger partial charge in [0.1, 0.15) is 48.8 Å². The molecular formula is C12H22O11. The van der Waals surface area contributed by atoms with Crippen LogP contribution in [0.2, 0.25) is 0 Å². The highest BCUT2D eigenvalue weighted by atomic mass is 16.7. The van der Waals surface area contributed by atoms with E-state index in [0.29, 0.717) is 0 Å². The average Bonchev–Trinajstić information content (AvgIpc) is 2.55. The fraction of sp³-hybridized carbons (Fsp3) is 1.00. The molecule has 0 unspecified atom stereocenters. The van der Waals surface area contributed by atoms with Crippen LogP contribution in [-0.4, -0.2) is 115 Å². The lowest BCUT2D eigenvalue weighted by molar-refractivity contribution is -0.355. The quantitative estimate of drug-likeness (QED) is 0.243. The molecule has 23 heavy (non-hydrogen) atoms. The van der Waals surface area contributed by atoms with E-state index in [1.54, 1.807) is 0 Å². The Morgan fingerprint density at radius 2 is 1.26 bits per heavy atom. The summed E-state index contributed by atoms with van der Waals surface area (Å²) in [5.41, 5.74) is 0. The van der Waals surface area contributed by atoms with Gasteiger partial charge >= 0.3 is 0 Å². The van der Waals surface area contributed by atoms with Crippen LogP contribution in [0.1, 0.15) is 0 Å². The molecule has 0 spiro atoms. The zero-order valence-corrected chi connectivity index (χ0v) is 12.0. The second kappa shape index (κ2) is 7.63. The smallest absolute Gasteiger partial charge is 0.187 e. The van der Waals surface area contributed by atoms with Crippen molar-refractivity contribution in [3.63, 3.8) is 0 Å². The minimum Gasteiger partial charge on any atom is -0.394 e. The molecule has 10 atom stereocenters. The van der Waals surface area contributed by atoms with Crippen molar-refractivity contribution in [3.05, 3.63) is 0 Å². The van der Waals surface area contributed by atoms with Crippen molar-refractivity contribution < 1.29 is 55.1 Å². The largest absolute Gasteiger partial charge is 0.394 e. The number of aliphatic hydroxyl groups excluding tert-OH is 8. The highest BCUT2D eigenvalue weighted by Gasteiger charge is 2.50. The summed E-state index contributed by atoms with van der Waals surface area (Å²) in [6.45, 7) is -1.35. The van der Waals surface area contributed by atoms with Gasteiger partial charge in [-0.1, -0.05) is 0 Å². The summed E-state index contributed by atoms with van der Waals surface area (Å²) < 4.78 is 15.3. The van der Waals surface area contributed by atoms with Crippen LogP contribution >= 0.6 is 0 Å². The van der Waals surface area contributed by atoms with Gasteiger partial charge in [0.05, 0.1) is 13.2 Å². The predicted octanol–water partition coefficient (Wildman–Crippen LogP) is -5.40. The molecule has 0 bridgehead atoms. The summed E-state index contributed by atoms with van der Waals surface area (Å²) in [5, 5.41) is 76.5. The van der Waals surface area contributed by atoms with Crippen LogP contribution in [-0.2, 0) is 14.2 Å². The van der Waals surface area contributed by atoms with Crippen molar-refractivity contribution in [3.8, 4) is 0 Å². The Morgan fingerprint density at radius 1 is 0.652 bits per heavy atom. The molecule has 8 N–H and O–H groups in total. The summed E-state index contributed by atoms with van der Waals surface area (Å²) in [7, 11) is 0. The van der Waals surface area contributed by atoms with E-state index in [2.05, 4.69) is 0 Å². The number of hydrogen-bond donors (Lipinski definition) is 8. The first-order valence-corrected chi connectivity index (χ1v) is 7.08. The van der Waals surface area contributed by atoms with Crippen LogP contribution in [0.4, 0.5) is 0 Å². The topological polar surface area (TPSA) is 190 Å². The van der Waals surface area contributed by atoms with E-state index in [9.17, 15) is 35.7 Å². The highest BCUT2D eigenvalue weighted by molar-refractivity contribution is 4.93. The molecule has 2 heterocycles. The van der Waals surface area contributed by atoms with E-state index >= 15 is 0 Å². The third-order valence-corrected chi connectivity index (χ3v) is 3.98. The Morgan fingerprint density at radius 3 is 1.83 bits per heavy atom. The molecule has 0 amide bonds. The maximum absolute atomic E-state index is 9.94. The predicted molar refractivity (Wildman–Crippen MR) is 68.6 cm³/mol. The van der Waals surface area contributed by atoms with Crippen LogP contribution in [0.25, 0.3) is 0 Å². The molecule has 11 nitrogen and oxygen atoms in total. The van der Waals surface area contributed by atoms with Gasteiger partial charge < -0.3 is 55.1 Å². The fourth-order valence-corrected chi connectivity index (χ4v) is 2.57. The second-order valence-corrected chi connectivity index (χ2v) is 5.53. The zero-order chi connectivity index (χ0) is 17.3. The van der Waals surface area contributed by atoms with Crippen molar-refractivity contribution in [1.29, 1.82) is 0 Å². The number of aliphatic hydroxyl groups is 8. The van der Waals surface area contributed by atoms with Crippen LogP contribution in [0.15, 0.2) is 0 Å². The van der Waals surface area contributed by atoms with E-state index in [4.69, 9.17) is 19.3 Å². The minimum absolute atomic E-state index is 0.667. The van der Waals surface area contributed by atoms with Gasteiger partial charge in [-0.05, 0) is 0 Å². The van der Waals surface area contributed by atoms with Crippen molar-refractivity contribution in [2.75, 3.05) is 13.2 Å². The zero-order valence-electron chi connectivity index (χ0n) is 12.0. The standard InChI is InChI=1S/C12H22O11/c13-1-3-5(15)6(16)9(19)12(22-3)23-10-4(2-14)21-11(20)8(18)7(10)17/h3-20H,1-2H2/t3-,4-,5-,6+,7-,8+,9-,10-,11+,12-/m0/s1. The minimum atomic E-state index is -1.74. The van der Waals surface area contributed by atoms with E-state index in [1.807, 2.05) is 0 Å². The molecule has 136 valence electrons. The van der Waals surface area contributed by atoms with Crippen LogP contribution < -0.4 is 0 Å². The SMILES string of the molecule is OC[C@@H]1O[C@@H](O[C@@H]2[C@@H](O)[C@@H](O)[C@H](O)O[C@H]2CO)[C@@H](O)[C@H](O)[C@H]1O. The molecule has 0 aromatic heterocycles. The van der Waals surface area contributed by atoms with Gasteiger partial charge in [0.15, 0.2) is 12.6 Å². The summed E-state index contributed by atoms with van der Waals surface area (Å²) in [4.78, 5) is 0. The number of rotatable bonds is 4. The van der Waals surface area contributed by atoms with E-state index in [1.165, 1.54) is 0 Å². The van der Waals surface area contributed by atoms with Crippen molar-refractivity contribution in [2.45, 2.75) is 61.4 Å². The summed E-state index contributed by atoms with van der Waals surface area (Å²) in [6, 6.07) is 0. The van der Waals surface area contributed by atoms with E-state index in [-0.39, 0.29) is 0 Å². The Labute approximate surface area is 130 Å². The molecule has 0 radical (unpaired) electrons. The number of ether oxygens (including phenoxy) is 3. The monoisotopic (exact) mass is 342 g/mol. The highest BCUT2D eigenvalue weighted by Crippen LogP contribution is 2.28. The normalized spacial score (nSPS) is 51.7. The molecule has 11 heteroatoms. The van der Waals surface area contributed by atoms with Gasteiger partial charge in [-0.2, -0.15) is 0 Å². The summed E-state index contributed by atoms with van der Waals surface area (Å²) >= 11 is 0. The van der Waals surface area contributed by atoms with Gasteiger partial charge in [0.25, 0.3) is 0 Å². The second-order valence-electron chi connectivity index (χ2n) is 5.53. The van der Waals surface area contributed by atoms with Crippen LogP contribution in [0.3, 0.4) is 0 Å². The maximum Gasteiger partial charge on any atom is 0.187 e. The Balaban J connectivity index is 2.11. The Bertz CT molecular complexity index is 378. The lowest BCUT2D eigenvalue weighted by Gasteiger charge is -2.45. The first kappa shape index (κ1) is 18.9. The maximum atomic E-state index is 9.94. The third-order valence-electron chi connectivity index (χ3n) is 3.98. The van der Waals surface area contributed by atoms with Gasteiger partial charge in [-0.25, -0.2) is 0 Å². The molecule has 0 saturated carbocycles. The van der Waals surface area contributed by atoms with Gasteiger partial charge in [0, 0.05) is 0 Å². The first-order valence-electron chi connectivity index (χ1n) is 7.08. The molecule has 2 aliphatic rings. The Hall–Kier alpha value is -0.440. The third kappa shape index (κ3) is 3.65. The molecule has 2 fully saturated rings. The molecule has 2 saturated heterocycles. The molecule has 0 aromatic rings. The van der Waals surface area contributed by atoms with Gasteiger partial charge in [-0.3, -0.25) is 0 Å². The van der Waals surface area contributed by atoms with Crippen molar-refractivity contribution >= 4 is 0 Å². The van der Waals surface area contributed by atoms with Crippen molar-refractivity contribution in [2.24, 2.45) is 0 Å². The van der Waals surface area contributed by atoms with Crippen LogP contribution in [0.5, 0.6) is 0 Å². The van der Waals surface area contributed by atoms with E-state index < -0.39 is 74.6 Å². The van der Waals surface area contributed by atoms with Crippen molar-refractivity contribution in [1.82, 2.24) is 0 Å². The van der Waals surface area contributed by atoms with E-state index in [0.717, 1.165) is 0 Å².